The van der Waals surface area contributed by atoms with Crippen molar-refractivity contribution in [3.63, 3.8) is 0 Å². The number of hydrogen-bond donors (Lipinski definition) is 0. The van der Waals surface area contributed by atoms with Crippen LogP contribution in [0.25, 0.3) is 243 Å². The maximum Gasteiger partial charge on any atom is 0.0780 e. The highest BCUT2D eigenvalue weighted by molar-refractivity contribution is 6.11. The second kappa shape index (κ2) is 30.0. The van der Waals surface area contributed by atoms with E-state index in [4.69, 9.17) is 29.9 Å². The van der Waals surface area contributed by atoms with Gasteiger partial charge in [-0.25, -0.2) is 0 Å². The van der Waals surface area contributed by atoms with Crippen LogP contribution in [0.15, 0.2) is 438 Å². The molecule has 6 nitrogen and oxygen atoms in total. The number of benzene rings is 17. The van der Waals surface area contributed by atoms with Crippen LogP contribution >= 0.6 is 0 Å². The fourth-order valence-electron chi connectivity index (χ4n) is 18.4. The van der Waals surface area contributed by atoms with E-state index in [9.17, 15) is 0 Å². The normalized spacial score (nSPS) is 11.6. The largest absolute Gasteiger partial charge is 0.256 e. The molecule has 0 aliphatic heterocycles. The number of pyridine rings is 6. The van der Waals surface area contributed by atoms with E-state index >= 15 is 0 Å². The first-order valence-corrected chi connectivity index (χ1v) is 41.5. The van der Waals surface area contributed by atoms with Gasteiger partial charge in [-0.2, -0.15) is 0 Å². The Balaban J connectivity index is 0.569. The van der Waals surface area contributed by atoms with Crippen molar-refractivity contribution in [2.75, 3.05) is 0 Å². The molecule has 566 valence electrons. The van der Waals surface area contributed by atoms with Crippen LogP contribution in [0.3, 0.4) is 0 Å². The lowest BCUT2D eigenvalue weighted by molar-refractivity contribution is 1.31. The number of nitrogens with zero attached hydrogens (tertiary/aromatic N) is 6. The third-order valence-electron chi connectivity index (χ3n) is 24.5. The van der Waals surface area contributed by atoms with Gasteiger partial charge in [-0.1, -0.05) is 328 Å². The standard InChI is InChI=1S/C116H72N6/c1-5-37-107-73(21-1)41-49-79-57-91(69-119-113(79)107)103-33-17-13-29-99(103)87-61-85(62-88(65-87)100-30-14-18-34-104(100)92-58-80-50-42-74-22-2-6-38-108(74)114(80)120-70-92)97-27-11-9-25-95(97)83-53-55-111(117-67-83)77-45-47-78(48-46-77)112-56-54-84(68-118-112)96-26-10-12-28-98(96)86-63-89(101-31-15-19-35-105(101)93-59-81-51-43-75-23-3-7-39-109(75)115(81)121-71-93)66-90(64-86)102-32-16-20-36-106(102)94-60-82-52-44-76-24-4-8-40-110(76)116(82)122-72-94/h1-72H. The highest BCUT2D eigenvalue weighted by Gasteiger charge is 2.22. The fourth-order valence-corrected chi connectivity index (χ4v) is 18.4. The SMILES string of the molecule is c1ccc(-c2cc(-c3ccccc3-c3cnc4c(ccc5ccccc54)c3)cc(-c3ccccc3-c3cnc4c(ccc5ccccc54)c3)c2)c(-c2ccc(-c3ccc(-c4ccc(-c5ccccc5-c5cc(-c6ccccc6-c6cnc7c(ccc8ccccc87)c6)cc(-c6ccccc6-c6cnc7c(ccc8ccccc87)c6)c5)cn4)cc3)nc2)c1. The van der Waals surface area contributed by atoms with Crippen LogP contribution < -0.4 is 0 Å². The van der Waals surface area contributed by atoms with Gasteiger partial charge in [0.25, 0.3) is 0 Å². The monoisotopic (exact) mass is 1550 g/mol. The molecule has 0 bridgehead atoms. The van der Waals surface area contributed by atoms with Gasteiger partial charge in [0.1, 0.15) is 0 Å². The lowest BCUT2D eigenvalue weighted by Crippen LogP contribution is -1.93. The van der Waals surface area contributed by atoms with Crippen LogP contribution in [-0.4, -0.2) is 29.9 Å². The van der Waals surface area contributed by atoms with E-state index in [1.807, 2.05) is 37.2 Å². The van der Waals surface area contributed by atoms with Crippen LogP contribution in [0.5, 0.6) is 0 Å². The molecular formula is C116H72N6. The van der Waals surface area contributed by atoms with Crippen molar-refractivity contribution in [2.45, 2.75) is 0 Å². The highest BCUT2D eigenvalue weighted by atomic mass is 14.7. The van der Waals surface area contributed by atoms with E-state index in [0.29, 0.717) is 0 Å². The molecule has 6 heteroatoms. The Morgan fingerprint density at radius 2 is 0.295 bits per heavy atom. The van der Waals surface area contributed by atoms with Gasteiger partial charge in [0, 0.05) is 125 Å². The van der Waals surface area contributed by atoms with Crippen LogP contribution in [-0.2, 0) is 0 Å². The minimum absolute atomic E-state index is 0.876. The van der Waals surface area contributed by atoms with Crippen LogP contribution in [0.4, 0.5) is 0 Å². The van der Waals surface area contributed by atoms with E-state index in [1.54, 1.807) is 0 Å². The average Bonchev–Trinajstić information content (AvgIpc) is 0.776. The van der Waals surface area contributed by atoms with Gasteiger partial charge in [0.05, 0.1) is 33.5 Å². The minimum atomic E-state index is 0.876. The molecule has 0 aliphatic rings. The summed E-state index contributed by atoms with van der Waals surface area (Å²) < 4.78 is 0. The molecule has 0 spiro atoms. The third kappa shape index (κ3) is 12.9. The molecule has 0 aliphatic carbocycles. The van der Waals surface area contributed by atoms with E-state index < -0.39 is 0 Å². The highest BCUT2D eigenvalue weighted by Crippen LogP contribution is 2.47. The fraction of sp³-hybridized carbons (Fsp3) is 0. The summed E-state index contributed by atoms with van der Waals surface area (Å²) in [5.74, 6) is 0. The van der Waals surface area contributed by atoms with E-state index in [1.165, 1.54) is 21.5 Å². The Bertz CT molecular complexity index is 7290. The zero-order valence-corrected chi connectivity index (χ0v) is 66.3. The van der Waals surface area contributed by atoms with Gasteiger partial charge in [-0.15, -0.1) is 0 Å². The number of fused-ring (bicyclic) bond motifs is 12. The van der Waals surface area contributed by atoms with Crippen molar-refractivity contribution in [3.05, 3.63) is 438 Å². The summed E-state index contributed by atoms with van der Waals surface area (Å²) >= 11 is 0. The molecule has 0 amide bonds. The summed E-state index contributed by atoms with van der Waals surface area (Å²) in [5.41, 5.74) is 33.7. The molecular weight excluding hydrogens is 1480 g/mol. The maximum atomic E-state index is 5.22. The molecule has 0 unspecified atom stereocenters. The zero-order chi connectivity index (χ0) is 80.6. The predicted molar refractivity (Wildman–Crippen MR) is 509 cm³/mol. The smallest absolute Gasteiger partial charge is 0.0780 e. The van der Waals surface area contributed by atoms with Crippen molar-refractivity contribution in [2.24, 2.45) is 0 Å². The summed E-state index contributed by atoms with van der Waals surface area (Å²) in [4.78, 5) is 31.1. The van der Waals surface area contributed by atoms with Crippen molar-refractivity contribution in [1.82, 2.24) is 29.9 Å². The number of rotatable bonds is 14. The zero-order valence-electron chi connectivity index (χ0n) is 66.3. The molecule has 0 N–H and O–H groups in total. The molecule has 122 heavy (non-hydrogen) atoms. The maximum absolute atomic E-state index is 5.22. The van der Waals surface area contributed by atoms with Crippen LogP contribution in [0.1, 0.15) is 0 Å². The number of hydrogen-bond acceptors (Lipinski definition) is 6. The second-order valence-electron chi connectivity index (χ2n) is 31.6. The Hall–Kier alpha value is -16.3. The average molecular weight is 1550 g/mol. The lowest BCUT2D eigenvalue weighted by atomic mass is 9.86. The number of aromatic nitrogens is 6. The lowest BCUT2D eigenvalue weighted by Gasteiger charge is -2.18. The minimum Gasteiger partial charge on any atom is -0.256 e. The van der Waals surface area contributed by atoms with Gasteiger partial charge in [0.2, 0.25) is 0 Å². The first kappa shape index (κ1) is 71.1. The summed E-state index contributed by atoms with van der Waals surface area (Å²) in [7, 11) is 0. The summed E-state index contributed by atoms with van der Waals surface area (Å²) in [6.07, 6.45) is 12.2. The van der Waals surface area contributed by atoms with Crippen molar-refractivity contribution in [1.29, 1.82) is 0 Å². The van der Waals surface area contributed by atoms with Crippen LogP contribution in [0, 0.1) is 0 Å². The molecule has 0 saturated carbocycles. The Kier molecular flexibility index (Phi) is 17.5. The van der Waals surface area contributed by atoms with Gasteiger partial charge < -0.3 is 0 Å². The third-order valence-corrected chi connectivity index (χ3v) is 24.5. The van der Waals surface area contributed by atoms with Crippen molar-refractivity contribution >= 4 is 86.7 Å². The Morgan fingerprint density at radius 3 is 0.516 bits per heavy atom. The van der Waals surface area contributed by atoms with Crippen molar-refractivity contribution in [3.8, 4) is 156 Å². The van der Waals surface area contributed by atoms with E-state index in [2.05, 4.69) is 400 Å². The van der Waals surface area contributed by atoms with Gasteiger partial charge >= 0.3 is 0 Å². The van der Waals surface area contributed by atoms with Crippen molar-refractivity contribution < 1.29 is 0 Å². The summed E-state index contributed by atoms with van der Waals surface area (Å²) in [5, 5.41) is 13.7. The molecule has 6 aromatic heterocycles. The summed E-state index contributed by atoms with van der Waals surface area (Å²) in [6, 6.07) is 145. The molecule has 23 aromatic rings. The molecule has 6 heterocycles. The van der Waals surface area contributed by atoms with E-state index in [0.717, 1.165) is 221 Å². The topological polar surface area (TPSA) is 77.3 Å². The first-order chi connectivity index (χ1) is 60.4. The van der Waals surface area contributed by atoms with Gasteiger partial charge in [-0.05, 0) is 194 Å². The second-order valence-corrected chi connectivity index (χ2v) is 31.6. The van der Waals surface area contributed by atoms with Gasteiger partial charge in [0.15, 0.2) is 0 Å². The molecule has 0 fully saturated rings. The summed E-state index contributed by atoms with van der Waals surface area (Å²) in [6.45, 7) is 0. The van der Waals surface area contributed by atoms with Crippen LogP contribution in [0.2, 0.25) is 0 Å². The molecule has 23 rings (SSSR count). The molecule has 0 radical (unpaired) electrons. The predicted octanol–water partition coefficient (Wildman–Crippen LogP) is 30.6. The Morgan fingerprint density at radius 1 is 0.115 bits per heavy atom. The molecule has 0 saturated heterocycles. The van der Waals surface area contributed by atoms with E-state index in [-0.39, 0.29) is 0 Å². The molecule has 17 aromatic carbocycles. The van der Waals surface area contributed by atoms with Gasteiger partial charge in [-0.3, -0.25) is 29.9 Å². The Labute approximate surface area is 705 Å². The first-order valence-electron chi connectivity index (χ1n) is 41.5. The molecule has 0 atom stereocenters. The quantitative estimate of drug-likeness (QED) is 0.101.